The van der Waals surface area contributed by atoms with Crippen molar-refractivity contribution >= 4 is 16.9 Å². The minimum atomic E-state index is -0.677. The number of para-hydroxylation sites is 2. The molecule has 4 rings (SSSR count). The van der Waals surface area contributed by atoms with Crippen LogP contribution in [0.5, 0.6) is 34.5 Å². The lowest BCUT2D eigenvalue weighted by Gasteiger charge is -2.12. The number of ether oxygens (including phenoxy) is 5. The predicted octanol–water partition coefficient (Wildman–Crippen LogP) is 5.22. The van der Waals surface area contributed by atoms with Crippen LogP contribution >= 0.6 is 0 Å². The Balaban J connectivity index is 1.62. The predicted molar refractivity (Wildman–Crippen MR) is 125 cm³/mol. The largest absolute Gasteiger partial charge is 0.496 e. The number of hydrogen-bond donors (Lipinski definition) is 0. The number of carbonyl (C=O) groups excluding carboxylic acids is 1. The molecule has 1 heterocycles. The molecule has 3 aromatic carbocycles. The second-order valence-corrected chi connectivity index (χ2v) is 7.00. The zero-order valence-corrected chi connectivity index (χ0v) is 18.8. The average Bonchev–Trinajstić information content (AvgIpc) is 2.86. The lowest BCUT2D eigenvalue weighted by atomic mass is 10.1. The number of hydrogen-bond acceptors (Lipinski definition) is 8. The van der Waals surface area contributed by atoms with Crippen molar-refractivity contribution in [3.63, 3.8) is 0 Å². The van der Waals surface area contributed by atoms with Gasteiger partial charge in [-0.05, 0) is 43.3 Å². The summed E-state index contributed by atoms with van der Waals surface area (Å²) in [4.78, 5) is 25.8. The summed E-state index contributed by atoms with van der Waals surface area (Å²) >= 11 is 0. The number of esters is 1. The third-order valence-electron chi connectivity index (χ3n) is 4.93. The third-order valence-corrected chi connectivity index (χ3v) is 4.93. The van der Waals surface area contributed by atoms with Crippen LogP contribution in [0, 0.1) is 0 Å². The molecule has 0 amide bonds. The highest BCUT2D eigenvalue weighted by atomic mass is 16.5. The highest BCUT2D eigenvalue weighted by Crippen LogP contribution is 2.32. The van der Waals surface area contributed by atoms with Gasteiger partial charge in [-0.3, -0.25) is 4.79 Å². The summed E-state index contributed by atoms with van der Waals surface area (Å²) < 4.78 is 32.9. The molecule has 0 aliphatic carbocycles. The molecule has 0 bridgehead atoms. The topological polar surface area (TPSA) is 93.4 Å². The second kappa shape index (κ2) is 9.99. The van der Waals surface area contributed by atoms with Crippen LogP contribution in [0.3, 0.4) is 0 Å². The highest BCUT2D eigenvalue weighted by molar-refractivity contribution is 5.97. The molecule has 0 aliphatic heterocycles. The molecule has 4 aromatic rings. The van der Waals surface area contributed by atoms with Crippen LogP contribution in [-0.2, 0) is 0 Å². The van der Waals surface area contributed by atoms with Gasteiger partial charge in [0, 0.05) is 6.07 Å². The summed E-state index contributed by atoms with van der Waals surface area (Å²) in [6, 6.07) is 16.4. The van der Waals surface area contributed by atoms with Gasteiger partial charge in [0.05, 0.1) is 26.2 Å². The van der Waals surface area contributed by atoms with E-state index in [-0.39, 0.29) is 33.5 Å². The summed E-state index contributed by atoms with van der Waals surface area (Å²) in [6.07, 6.45) is 1.21. The van der Waals surface area contributed by atoms with Crippen LogP contribution in [0.15, 0.2) is 76.1 Å². The smallest absolute Gasteiger partial charge is 0.351 e. The van der Waals surface area contributed by atoms with Crippen LogP contribution in [0.2, 0.25) is 0 Å². The first kappa shape index (κ1) is 22.7. The van der Waals surface area contributed by atoms with Crippen molar-refractivity contribution < 1.29 is 32.9 Å². The van der Waals surface area contributed by atoms with Crippen molar-refractivity contribution in [3.05, 3.63) is 82.7 Å². The minimum Gasteiger partial charge on any atom is -0.496 e. The third kappa shape index (κ3) is 4.52. The number of rotatable bonds is 8. The molecule has 0 saturated heterocycles. The van der Waals surface area contributed by atoms with Crippen LogP contribution in [0.25, 0.3) is 11.0 Å². The van der Waals surface area contributed by atoms with Gasteiger partial charge in [0.15, 0.2) is 11.5 Å². The molecule has 0 atom stereocenters. The summed E-state index contributed by atoms with van der Waals surface area (Å²) in [5.74, 6) is 1.04. The van der Waals surface area contributed by atoms with E-state index in [4.69, 9.17) is 28.1 Å². The molecule has 0 aliphatic rings. The second-order valence-electron chi connectivity index (χ2n) is 7.00. The fraction of sp³-hybridized carbons (Fsp3) is 0.154. The van der Waals surface area contributed by atoms with Crippen LogP contribution in [0.4, 0.5) is 0 Å². The van der Waals surface area contributed by atoms with Gasteiger partial charge in [-0.15, -0.1) is 0 Å². The molecule has 174 valence electrons. The lowest BCUT2D eigenvalue weighted by Crippen LogP contribution is -2.12. The minimum absolute atomic E-state index is 0.00292. The Morgan fingerprint density at radius 1 is 0.853 bits per heavy atom. The van der Waals surface area contributed by atoms with E-state index in [0.29, 0.717) is 29.6 Å². The first-order valence-corrected chi connectivity index (χ1v) is 10.4. The van der Waals surface area contributed by atoms with Crippen LogP contribution in [-0.4, -0.2) is 26.8 Å². The number of carbonyl (C=O) groups is 1. The molecule has 0 unspecified atom stereocenters. The molecule has 34 heavy (non-hydrogen) atoms. The Kier molecular flexibility index (Phi) is 6.68. The molecule has 0 N–H and O–H groups in total. The van der Waals surface area contributed by atoms with Crippen molar-refractivity contribution in [3.8, 4) is 34.5 Å². The van der Waals surface area contributed by atoms with Gasteiger partial charge in [0.25, 0.3) is 0 Å². The monoisotopic (exact) mass is 462 g/mol. The first-order valence-electron chi connectivity index (χ1n) is 10.4. The fourth-order valence-electron chi connectivity index (χ4n) is 3.36. The summed E-state index contributed by atoms with van der Waals surface area (Å²) in [6.45, 7) is 2.31. The molecular weight excluding hydrogens is 440 g/mol. The van der Waals surface area contributed by atoms with E-state index in [9.17, 15) is 9.59 Å². The molecular formula is C26H22O8. The maximum absolute atomic E-state index is 13.0. The zero-order valence-electron chi connectivity index (χ0n) is 18.8. The summed E-state index contributed by atoms with van der Waals surface area (Å²) in [7, 11) is 2.89. The van der Waals surface area contributed by atoms with Gasteiger partial charge in [-0.25, -0.2) is 4.79 Å². The van der Waals surface area contributed by atoms with Crippen LogP contribution in [0.1, 0.15) is 17.3 Å². The Morgan fingerprint density at radius 2 is 1.53 bits per heavy atom. The normalized spacial score (nSPS) is 10.6. The van der Waals surface area contributed by atoms with Gasteiger partial charge >= 0.3 is 5.97 Å². The van der Waals surface area contributed by atoms with Gasteiger partial charge in [-0.2, -0.15) is 0 Å². The maximum Gasteiger partial charge on any atom is 0.351 e. The van der Waals surface area contributed by atoms with E-state index < -0.39 is 5.97 Å². The van der Waals surface area contributed by atoms with Gasteiger partial charge in [0.1, 0.15) is 34.7 Å². The van der Waals surface area contributed by atoms with E-state index in [1.807, 2.05) is 13.0 Å². The molecule has 0 radical (unpaired) electrons. The van der Waals surface area contributed by atoms with E-state index in [2.05, 4.69) is 0 Å². The highest BCUT2D eigenvalue weighted by Gasteiger charge is 2.21. The SMILES string of the molecule is CCOc1ccccc1Oc1coc2cc(OC(=O)c3c(OC)cccc3OC)ccc2c1=O. The molecule has 1 aromatic heterocycles. The van der Waals surface area contributed by atoms with E-state index in [1.54, 1.807) is 36.4 Å². The molecule has 8 nitrogen and oxygen atoms in total. The van der Waals surface area contributed by atoms with Crippen LogP contribution < -0.4 is 29.1 Å². The van der Waals surface area contributed by atoms with Crippen molar-refractivity contribution in [1.82, 2.24) is 0 Å². The van der Waals surface area contributed by atoms with E-state index >= 15 is 0 Å². The Hall–Kier alpha value is -4.46. The van der Waals surface area contributed by atoms with Gasteiger partial charge in [0.2, 0.25) is 11.2 Å². The van der Waals surface area contributed by atoms with Crippen molar-refractivity contribution in [2.75, 3.05) is 20.8 Å². The molecule has 0 fully saturated rings. The standard InChI is InChI=1S/C26H22O8/c1-4-31-18-8-5-6-9-19(18)34-23-15-32-22-14-16(12-13-17(22)25(23)27)33-26(28)24-20(29-2)10-7-11-21(24)30-3/h5-15H,4H2,1-3H3. The summed E-state index contributed by atoms with van der Waals surface area (Å²) in [5, 5.41) is 0.265. The Bertz CT molecular complexity index is 1370. The Morgan fingerprint density at radius 3 is 2.21 bits per heavy atom. The quantitative estimate of drug-likeness (QED) is 0.260. The maximum atomic E-state index is 13.0. The molecule has 8 heteroatoms. The van der Waals surface area contributed by atoms with E-state index in [1.165, 1.54) is 38.7 Å². The van der Waals surface area contributed by atoms with Crippen molar-refractivity contribution in [2.24, 2.45) is 0 Å². The average molecular weight is 462 g/mol. The number of benzene rings is 3. The summed E-state index contributed by atoms with van der Waals surface area (Å²) in [5.41, 5.74) is -0.00433. The van der Waals surface area contributed by atoms with Crippen molar-refractivity contribution in [1.29, 1.82) is 0 Å². The Labute approximate surface area is 195 Å². The molecule has 0 saturated carbocycles. The zero-order chi connectivity index (χ0) is 24.1. The number of fused-ring (bicyclic) bond motifs is 1. The lowest BCUT2D eigenvalue weighted by molar-refractivity contribution is 0.0727. The van der Waals surface area contributed by atoms with E-state index in [0.717, 1.165) is 0 Å². The fourth-order valence-corrected chi connectivity index (χ4v) is 3.36. The first-order chi connectivity index (χ1) is 16.5. The molecule has 0 spiro atoms. The van der Waals surface area contributed by atoms with Gasteiger partial charge < -0.3 is 28.1 Å². The van der Waals surface area contributed by atoms with Gasteiger partial charge in [-0.1, -0.05) is 18.2 Å². The number of methoxy groups -OCH3 is 2. The van der Waals surface area contributed by atoms with Crippen molar-refractivity contribution in [2.45, 2.75) is 6.92 Å².